The number of hydrogen-bond donors (Lipinski definition) is 17. The molecular formula is C83H117N15O14. The van der Waals surface area contributed by atoms with E-state index in [1.165, 1.54) is 12.1 Å². The van der Waals surface area contributed by atoms with Crippen LogP contribution in [0.4, 0.5) is 4.79 Å². The van der Waals surface area contributed by atoms with Crippen LogP contribution in [-0.4, -0.2) is 169 Å². The largest absolute Gasteiger partial charge is 0.508 e. The summed E-state index contributed by atoms with van der Waals surface area (Å²) in [5.74, 6) is -9.75. The molecule has 0 heterocycles. The summed E-state index contributed by atoms with van der Waals surface area (Å²) in [5.41, 5.74) is 24.5. The van der Waals surface area contributed by atoms with E-state index in [1.54, 1.807) is 52.0 Å². The SMILES string of the molecule is CC(C)C[C@H](NC(=O)[C@H](CC(C)C)NC(=O)[C@H](Cc1ccc(O)cc1)NC(=O)[C@H](CCCCN)NC(=O)[C@H](CC(C)C)NC(=O)[C@H](CCCNC(=N)N)NC(=O)[C@H](CCCCN)NC(=O)[C@H](Cc1ccc(-c2ccccc2)cc1)NC(=O)[C@H](CC(C)C)NC(=O)CNC(=O)OCC1c2ccccc2-c2ccccc21)C(=O)O. The zero-order chi connectivity index (χ0) is 82.0. The fourth-order valence-corrected chi connectivity index (χ4v) is 13.3. The summed E-state index contributed by atoms with van der Waals surface area (Å²) in [6.45, 7) is 14.5. The molecule has 0 unspecified atom stereocenters. The van der Waals surface area contributed by atoms with Crippen molar-refractivity contribution in [2.24, 2.45) is 40.9 Å². The van der Waals surface area contributed by atoms with Crippen LogP contribution in [0.3, 0.4) is 0 Å². The normalized spacial score (nSPS) is 14.1. The third-order valence-electron chi connectivity index (χ3n) is 19.0. The number of carboxylic acid groups (broad SMARTS) is 1. The number of fused-ring (bicyclic) bond motifs is 3. The Hall–Kier alpha value is -10.9. The lowest BCUT2D eigenvalue weighted by molar-refractivity contribution is -0.143. The molecule has 0 radical (unpaired) electrons. The summed E-state index contributed by atoms with van der Waals surface area (Å²) in [5, 5.41) is 58.0. The highest BCUT2D eigenvalue weighted by Gasteiger charge is 2.37. The number of aliphatic carboxylic acids is 1. The van der Waals surface area contributed by atoms with Crippen LogP contribution >= 0.6 is 0 Å². The van der Waals surface area contributed by atoms with Crippen LogP contribution in [0.5, 0.6) is 5.75 Å². The van der Waals surface area contributed by atoms with Crippen molar-refractivity contribution in [1.29, 1.82) is 5.41 Å². The highest BCUT2D eigenvalue weighted by Crippen LogP contribution is 2.44. The average Bonchev–Trinajstić information content (AvgIpc) is 1.62. The number of amides is 10. The molecule has 1 aliphatic carbocycles. The molecule has 5 aromatic carbocycles. The van der Waals surface area contributed by atoms with Gasteiger partial charge in [0.2, 0.25) is 53.2 Å². The number of carbonyl (C=O) groups excluding carboxylic acids is 10. The minimum Gasteiger partial charge on any atom is -0.508 e. The molecular weight excluding hydrogens is 1430 g/mol. The second kappa shape index (κ2) is 46.0. The monoisotopic (exact) mass is 1550 g/mol. The van der Waals surface area contributed by atoms with Crippen LogP contribution in [0.1, 0.15) is 161 Å². The van der Waals surface area contributed by atoms with Gasteiger partial charge in [0.05, 0.1) is 0 Å². The molecule has 0 saturated carbocycles. The fourth-order valence-electron chi connectivity index (χ4n) is 13.3. The van der Waals surface area contributed by atoms with Crippen LogP contribution in [0, 0.1) is 29.1 Å². The number of benzene rings is 5. The van der Waals surface area contributed by atoms with E-state index < -0.39 is 126 Å². The molecule has 0 bridgehead atoms. The number of nitrogens with one attached hydrogen (secondary N) is 12. The topological polar surface area (TPSA) is 472 Å². The van der Waals surface area contributed by atoms with Crippen molar-refractivity contribution in [2.45, 2.75) is 206 Å². The molecule has 10 amide bonds. The Morgan fingerprint density at radius 3 is 1.18 bits per heavy atom. The first kappa shape index (κ1) is 89.9. The Balaban J connectivity index is 1.24. The number of ether oxygens (including phenoxy) is 1. The molecule has 112 heavy (non-hydrogen) atoms. The predicted octanol–water partition coefficient (Wildman–Crippen LogP) is 5.54. The Labute approximate surface area is 656 Å². The number of phenols is 1. The standard InChI is InChI=1S/C83H117N15O14/c1-49(2)41-66(90-72(100)47-89-83(111)112-48-62-60-25-14-12-23-58(60)59-24-13-15-26-61(59)62)76(104)97-69(45-53-30-34-56(35-31-53)55-21-10-9-11-22-55)79(107)93-63(27-16-18-38-84)73(101)91-65(29-20-40-88-82(86)87)75(103)94-67(42-50(3)4)77(105)92-64(28-17-19-39-85)74(102)96-70(46-54-32-36-57(99)37-33-54)80(108)95-68(43-51(5)6)78(106)98-71(81(109)110)44-52(7)8/h9-15,21-26,30-37,49-52,62-71,99H,16-20,27-29,38-48,84-85H2,1-8H3,(H,89,111)(H,90,100)(H,91,101)(H,92,105)(H,93,107)(H,94,103)(H,95,108)(H,96,102)(H,97,104)(H,98,106)(H,109,110)(H4,86,87,88)/t63-,64-,65-,66-,67-,68-,69-,70-,71-/m0/s1. The molecule has 29 nitrogen and oxygen atoms in total. The molecule has 29 heteroatoms. The van der Waals surface area contributed by atoms with E-state index >= 15 is 9.59 Å². The lowest BCUT2D eigenvalue weighted by atomic mass is 9.98. The number of unbranched alkanes of at least 4 members (excludes halogenated alkanes) is 2. The van der Waals surface area contributed by atoms with Gasteiger partial charge in [0.1, 0.15) is 73.3 Å². The van der Waals surface area contributed by atoms with E-state index in [0.717, 1.165) is 33.4 Å². The average molecular weight is 1550 g/mol. The van der Waals surface area contributed by atoms with Crippen molar-refractivity contribution >= 4 is 71.2 Å². The third-order valence-corrected chi connectivity index (χ3v) is 19.0. The fraction of sp³-hybridized carbons (Fsp3) is 0.494. The van der Waals surface area contributed by atoms with Crippen molar-refractivity contribution < 1.29 is 67.7 Å². The highest BCUT2D eigenvalue weighted by atomic mass is 16.5. The van der Waals surface area contributed by atoms with E-state index in [9.17, 15) is 53.4 Å². The number of rotatable bonds is 47. The van der Waals surface area contributed by atoms with Gasteiger partial charge in [-0.1, -0.05) is 171 Å². The molecule has 20 N–H and O–H groups in total. The van der Waals surface area contributed by atoms with Gasteiger partial charge in [-0.25, -0.2) is 9.59 Å². The summed E-state index contributed by atoms with van der Waals surface area (Å²) in [4.78, 5) is 157. The molecule has 1 aliphatic rings. The Morgan fingerprint density at radius 2 is 0.759 bits per heavy atom. The Morgan fingerprint density at radius 1 is 0.411 bits per heavy atom. The van der Waals surface area contributed by atoms with Crippen molar-refractivity contribution in [3.63, 3.8) is 0 Å². The zero-order valence-corrected chi connectivity index (χ0v) is 65.7. The zero-order valence-electron chi connectivity index (χ0n) is 65.7. The number of carbonyl (C=O) groups is 11. The number of phenolic OH excluding ortho intramolecular Hbond substituents is 1. The minimum absolute atomic E-state index is 0.0000284. The molecule has 0 spiro atoms. The number of carboxylic acids is 1. The number of alkyl carbamates (subject to hydrolysis) is 1. The quantitative estimate of drug-likeness (QED) is 0.0129. The first-order valence-electron chi connectivity index (χ1n) is 38.9. The van der Waals surface area contributed by atoms with E-state index in [4.69, 9.17) is 27.3 Å². The number of aromatic hydroxyl groups is 1. The summed E-state index contributed by atoms with van der Waals surface area (Å²) in [6, 6.07) is 26.5. The Kier molecular flexibility index (Phi) is 37.0. The van der Waals surface area contributed by atoms with Crippen LogP contribution in [0.2, 0.25) is 0 Å². The number of hydrogen-bond acceptors (Lipinski definition) is 16. The second-order valence-electron chi connectivity index (χ2n) is 30.3. The summed E-state index contributed by atoms with van der Waals surface area (Å²) in [7, 11) is 0. The van der Waals surface area contributed by atoms with Crippen molar-refractivity contribution in [1.82, 2.24) is 58.5 Å². The number of guanidine groups is 1. The van der Waals surface area contributed by atoms with Crippen LogP contribution in [0.25, 0.3) is 22.3 Å². The molecule has 0 aliphatic heterocycles. The third kappa shape index (κ3) is 30.0. The summed E-state index contributed by atoms with van der Waals surface area (Å²) in [6.07, 6.45) is 0.659. The van der Waals surface area contributed by atoms with Gasteiger partial charge in [0.15, 0.2) is 5.96 Å². The molecule has 608 valence electrons. The second-order valence-corrected chi connectivity index (χ2v) is 30.3. The molecule has 5 aromatic rings. The maximum absolute atomic E-state index is 15.1. The minimum atomic E-state index is -1.43. The number of nitrogens with two attached hydrogens (primary N) is 3. The maximum atomic E-state index is 15.1. The molecule has 6 rings (SSSR count). The van der Waals surface area contributed by atoms with E-state index in [0.29, 0.717) is 36.8 Å². The maximum Gasteiger partial charge on any atom is 0.407 e. The van der Waals surface area contributed by atoms with Gasteiger partial charge in [-0.3, -0.25) is 48.6 Å². The molecule has 0 fully saturated rings. The van der Waals surface area contributed by atoms with E-state index in [-0.39, 0.29) is 132 Å². The van der Waals surface area contributed by atoms with Gasteiger partial charge in [-0.15, -0.1) is 0 Å². The smallest absolute Gasteiger partial charge is 0.407 e. The summed E-state index contributed by atoms with van der Waals surface area (Å²) < 4.78 is 5.66. The van der Waals surface area contributed by atoms with Crippen molar-refractivity contribution in [3.05, 3.63) is 150 Å². The van der Waals surface area contributed by atoms with Crippen molar-refractivity contribution in [2.75, 3.05) is 32.8 Å². The lowest BCUT2D eigenvalue weighted by Crippen LogP contribution is -2.61. The van der Waals surface area contributed by atoms with Crippen molar-refractivity contribution in [3.8, 4) is 28.0 Å². The van der Waals surface area contributed by atoms with Crippen LogP contribution < -0.4 is 75.7 Å². The lowest BCUT2D eigenvalue weighted by Gasteiger charge is -2.29. The highest BCUT2D eigenvalue weighted by molar-refractivity contribution is 5.99. The van der Waals surface area contributed by atoms with Crippen LogP contribution in [-0.2, 0) is 65.5 Å². The van der Waals surface area contributed by atoms with E-state index in [1.807, 2.05) is 119 Å². The van der Waals surface area contributed by atoms with Gasteiger partial charge >= 0.3 is 12.1 Å². The molecule has 0 saturated heterocycles. The van der Waals surface area contributed by atoms with E-state index in [2.05, 4.69) is 58.5 Å². The predicted molar refractivity (Wildman–Crippen MR) is 428 cm³/mol. The Bertz CT molecular complexity index is 3890. The van der Waals surface area contributed by atoms with Gasteiger partial charge < -0.3 is 90.6 Å². The molecule has 9 atom stereocenters. The van der Waals surface area contributed by atoms with Crippen LogP contribution in [0.15, 0.2) is 127 Å². The van der Waals surface area contributed by atoms with Gasteiger partial charge in [0, 0.05) is 25.3 Å². The van der Waals surface area contributed by atoms with Gasteiger partial charge in [-0.2, -0.15) is 0 Å². The first-order valence-corrected chi connectivity index (χ1v) is 38.9. The summed E-state index contributed by atoms with van der Waals surface area (Å²) >= 11 is 0. The molecule has 0 aromatic heterocycles. The first-order chi connectivity index (χ1) is 53.4. The van der Waals surface area contributed by atoms with Gasteiger partial charge in [-0.05, 0) is 170 Å². The van der Waals surface area contributed by atoms with Gasteiger partial charge in [0.25, 0.3) is 0 Å².